The molecule has 6 heteroatoms. The van der Waals surface area contributed by atoms with Crippen molar-refractivity contribution in [2.45, 2.75) is 26.2 Å². The number of nitrogens with zero attached hydrogens (tertiary/aromatic N) is 1. The fraction of sp³-hybridized carbons (Fsp3) is 0.923. The Morgan fingerprint density at radius 3 is 2.79 bits per heavy atom. The Hall–Kier alpha value is -0.620. The van der Waals surface area contributed by atoms with Gasteiger partial charge in [-0.15, -0.1) is 0 Å². The van der Waals surface area contributed by atoms with E-state index in [0.29, 0.717) is 13.0 Å². The van der Waals surface area contributed by atoms with Gasteiger partial charge in [0.15, 0.2) is 9.84 Å². The molecular formula is C13H24N2O3S. The van der Waals surface area contributed by atoms with E-state index < -0.39 is 9.84 Å². The van der Waals surface area contributed by atoms with Gasteiger partial charge < -0.3 is 10.2 Å². The predicted molar refractivity (Wildman–Crippen MR) is 74.6 cm³/mol. The smallest absolute Gasteiger partial charge is 0.224 e. The zero-order chi connectivity index (χ0) is 13.9. The number of likely N-dealkylation sites (tertiary alicyclic amines) is 1. The minimum Gasteiger partial charge on any atom is -0.355 e. The lowest BCUT2D eigenvalue weighted by molar-refractivity contribution is -0.124. The van der Waals surface area contributed by atoms with E-state index >= 15 is 0 Å². The molecule has 2 saturated heterocycles. The van der Waals surface area contributed by atoms with Crippen molar-refractivity contribution in [2.75, 3.05) is 37.7 Å². The first kappa shape index (κ1) is 14.8. The number of sulfone groups is 1. The third kappa shape index (κ3) is 4.45. The van der Waals surface area contributed by atoms with Crippen LogP contribution < -0.4 is 5.32 Å². The average molecular weight is 288 g/mol. The molecule has 2 heterocycles. The van der Waals surface area contributed by atoms with E-state index in [1.165, 1.54) is 12.8 Å². The maximum atomic E-state index is 11.8. The Morgan fingerprint density at radius 1 is 1.37 bits per heavy atom. The molecule has 0 radical (unpaired) electrons. The fourth-order valence-electron chi connectivity index (χ4n) is 2.97. The fourth-order valence-corrected chi connectivity index (χ4v) is 4.71. The molecule has 2 rings (SSSR count). The second kappa shape index (κ2) is 6.22. The lowest BCUT2D eigenvalue weighted by Gasteiger charge is -2.30. The molecule has 1 N–H and O–H groups in total. The van der Waals surface area contributed by atoms with Gasteiger partial charge in [0.25, 0.3) is 0 Å². The van der Waals surface area contributed by atoms with E-state index in [1.807, 2.05) is 0 Å². The summed E-state index contributed by atoms with van der Waals surface area (Å²) in [5.41, 5.74) is 0. The minimum atomic E-state index is -2.96. The minimum absolute atomic E-state index is 0.0274. The molecule has 0 aromatic carbocycles. The first-order valence-electron chi connectivity index (χ1n) is 7.17. The van der Waals surface area contributed by atoms with E-state index in [0.717, 1.165) is 25.6 Å². The van der Waals surface area contributed by atoms with Crippen molar-refractivity contribution in [2.24, 2.45) is 11.8 Å². The van der Waals surface area contributed by atoms with Gasteiger partial charge in [0.05, 0.1) is 17.4 Å². The van der Waals surface area contributed by atoms with E-state index in [9.17, 15) is 13.2 Å². The van der Waals surface area contributed by atoms with Gasteiger partial charge >= 0.3 is 0 Å². The van der Waals surface area contributed by atoms with Crippen LogP contribution in [0.25, 0.3) is 0 Å². The van der Waals surface area contributed by atoms with E-state index in [4.69, 9.17) is 0 Å². The van der Waals surface area contributed by atoms with Gasteiger partial charge in [0, 0.05) is 19.6 Å². The highest BCUT2D eigenvalue weighted by Crippen LogP contribution is 2.18. The Labute approximate surface area is 115 Å². The molecule has 2 aliphatic rings. The van der Waals surface area contributed by atoms with Crippen molar-refractivity contribution in [3.05, 3.63) is 0 Å². The van der Waals surface area contributed by atoms with E-state index in [-0.39, 0.29) is 23.3 Å². The normalized spacial score (nSPS) is 31.2. The molecule has 110 valence electrons. The average Bonchev–Trinajstić information content (AvgIpc) is 2.70. The summed E-state index contributed by atoms with van der Waals surface area (Å²) in [6.45, 7) is 5.97. The van der Waals surface area contributed by atoms with Gasteiger partial charge in [-0.3, -0.25) is 4.79 Å². The molecular weight excluding hydrogens is 264 g/mol. The molecule has 1 amide bonds. The van der Waals surface area contributed by atoms with Crippen LogP contribution in [0.15, 0.2) is 0 Å². The van der Waals surface area contributed by atoms with E-state index in [2.05, 4.69) is 17.1 Å². The quantitative estimate of drug-likeness (QED) is 0.806. The summed E-state index contributed by atoms with van der Waals surface area (Å²) in [6, 6.07) is 0. The summed E-state index contributed by atoms with van der Waals surface area (Å²) in [5, 5.41) is 2.88. The maximum Gasteiger partial charge on any atom is 0.224 e. The second-order valence-electron chi connectivity index (χ2n) is 5.94. The van der Waals surface area contributed by atoms with Crippen LogP contribution in [0.1, 0.15) is 26.2 Å². The number of piperidine rings is 1. The van der Waals surface area contributed by atoms with Crippen LogP contribution >= 0.6 is 0 Å². The second-order valence-corrected chi connectivity index (χ2v) is 8.17. The predicted octanol–water partition coefficient (Wildman–Crippen LogP) is 0.269. The standard InChI is InChI=1S/C13H24N2O3S/c1-11-3-2-6-15(9-11)7-5-14-13(16)12-4-8-19(17,18)10-12/h11-12H,2-10H2,1H3,(H,14,16). The van der Waals surface area contributed by atoms with Crippen LogP contribution in [-0.2, 0) is 14.6 Å². The zero-order valence-electron chi connectivity index (χ0n) is 11.6. The highest BCUT2D eigenvalue weighted by atomic mass is 32.2. The van der Waals surface area contributed by atoms with Gasteiger partial charge in [0.2, 0.25) is 5.91 Å². The van der Waals surface area contributed by atoms with Crippen LogP contribution in [-0.4, -0.2) is 56.9 Å². The van der Waals surface area contributed by atoms with E-state index in [1.54, 1.807) is 0 Å². The summed E-state index contributed by atoms with van der Waals surface area (Å²) in [4.78, 5) is 14.2. The van der Waals surface area contributed by atoms with Crippen LogP contribution in [0.3, 0.4) is 0 Å². The largest absolute Gasteiger partial charge is 0.355 e. The number of rotatable bonds is 4. The molecule has 19 heavy (non-hydrogen) atoms. The number of hydrogen-bond donors (Lipinski definition) is 1. The Kier molecular flexibility index (Phi) is 4.84. The zero-order valence-corrected chi connectivity index (χ0v) is 12.4. The van der Waals surface area contributed by atoms with Crippen LogP contribution in [0, 0.1) is 11.8 Å². The number of carbonyl (C=O) groups is 1. The molecule has 0 aromatic heterocycles. The van der Waals surface area contributed by atoms with Gasteiger partial charge in [-0.05, 0) is 31.7 Å². The van der Waals surface area contributed by atoms with Gasteiger partial charge in [-0.25, -0.2) is 8.42 Å². The third-order valence-electron chi connectivity index (χ3n) is 4.07. The summed E-state index contributed by atoms with van der Waals surface area (Å²) < 4.78 is 22.6. The molecule has 5 nitrogen and oxygen atoms in total. The summed E-state index contributed by atoms with van der Waals surface area (Å²) in [7, 11) is -2.96. The van der Waals surface area contributed by atoms with Crippen molar-refractivity contribution < 1.29 is 13.2 Å². The Morgan fingerprint density at radius 2 is 2.16 bits per heavy atom. The lowest BCUT2D eigenvalue weighted by Crippen LogP contribution is -2.41. The molecule has 2 aliphatic heterocycles. The molecule has 2 unspecified atom stereocenters. The molecule has 2 atom stereocenters. The lowest BCUT2D eigenvalue weighted by atomic mass is 10.0. The molecule has 0 bridgehead atoms. The molecule has 2 fully saturated rings. The van der Waals surface area contributed by atoms with Gasteiger partial charge in [-0.1, -0.05) is 6.92 Å². The number of amides is 1. The molecule has 0 saturated carbocycles. The number of hydrogen-bond acceptors (Lipinski definition) is 4. The van der Waals surface area contributed by atoms with Crippen LogP contribution in [0.2, 0.25) is 0 Å². The number of nitrogens with one attached hydrogen (secondary N) is 1. The maximum absolute atomic E-state index is 11.8. The highest BCUT2D eigenvalue weighted by molar-refractivity contribution is 7.91. The van der Waals surface area contributed by atoms with Crippen LogP contribution in [0.4, 0.5) is 0 Å². The first-order valence-corrected chi connectivity index (χ1v) is 8.99. The monoisotopic (exact) mass is 288 g/mol. The van der Waals surface area contributed by atoms with Gasteiger partial charge in [-0.2, -0.15) is 0 Å². The highest BCUT2D eigenvalue weighted by Gasteiger charge is 2.32. The van der Waals surface area contributed by atoms with Crippen molar-refractivity contribution in [1.82, 2.24) is 10.2 Å². The third-order valence-corrected chi connectivity index (χ3v) is 5.84. The summed E-state index contributed by atoms with van der Waals surface area (Å²) in [5.74, 6) is 0.509. The topological polar surface area (TPSA) is 66.5 Å². The first-order chi connectivity index (χ1) is 8.96. The molecule has 0 aliphatic carbocycles. The van der Waals surface area contributed by atoms with Gasteiger partial charge in [0.1, 0.15) is 0 Å². The Balaban J connectivity index is 1.67. The summed E-state index contributed by atoms with van der Waals surface area (Å²) >= 11 is 0. The molecule has 0 aromatic rings. The van der Waals surface area contributed by atoms with Crippen molar-refractivity contribution in [3.8, 4) is 0 Å². The SMILES string of the molecule is CC1CCCN(CCNC(=O)C2CCS(=O)(=O)C2)C1. The Bertz CT molecular complexity index is 422. The van der Waals surface area contributed by atoms with Crippen molar-refractivity contribution in [1.29, 1.82) is 0 Å². The van der Waals surface area contributed by atoms with Crippen molar-refractivity contribution >= 4 is 15.7 Å². The molecule has 0 spiro atoms. The summed E-state index contributed by atoms with van der Waals surface area (Å²) in [6.07, 6.45) is 3.01. The van der Waals surface area contributed by atoms with Crippen LogP contribution in [0.5, 0.6) is 0 Å². The van der Waals surface area contributed by atoms with Crippen molar-refractivity contribution in [3.63, 3.8) is 0 Å². The number of carbonyl (C=O) groups excluding carboxylic acids is 1.